The molecule has 0 amide bonds. The fraction of sp³-hybridized carbons (Fsp3) is 0.611. The van der Waals surface area contributed by atoms with E-state index in [1.165, 1.54) is 51.4 Å². The normalized spacial score (nSPS) is 12.1. The van der Waals surface area contributed by atoms with Gasteiger partial charge in [0.25, 0.3) is 0 Å². The van der Waals surface area contributed by atoms with Crippen LogP contribution in [0.1, 0.15) is 71.1 Å². The van der Waals surface area contributed by atoms with Crippen LogP contribution in [0.3, 0.4) is 0 Å². The summed E-state index contributed by atoms with van der Waals surface area (Å²) in [4.78, 5) is 10.0. The van der Waals surface area contributed by atoms with Crippen molar-refractivity contribution in [2.45, 2.75) is 71.1 Å². The second-order valence-electron chi connectivity index (χ2n) is 4.89. The molecule has 0 spiro atoms. The molecule has 0 fully saturated rings. The largest absolute Gasteiger partial charge is 0.299 e. The van der Waals surface area contributed by atoms with E-state index in [2.05, 4.69) is 31.2 Å². The maximum absolute atomic E-state index is 10.0. The van der Waals surface area contributed by atoms with Crippen molar-refractivity contribution < 1.29 is 4.79 Å². The molecule has 0 aromatic heterocycles. The van der Waals surface area contributed by atoms with Crippen LogP contribution in [0.15, 0.2) is 36.5 Å². The Bertz CT molecular complexity index is 261. The van der Waals surface area contributed by atoms with E-state index in [1.807, 2.05) is 6.08 Å². The lowest BCUT2D eigenvalue weighted by Crippen LogP contribution is -1.78. The van der Waals surface area contributed by atoms with Gasteiger partial charge in [-0.1, -0.05) is 75.8 Å². The molecule has 0 aliphatic carbocycles. The number of allylic oxidation sites excluding steroid dienone is 6. The first-order chi connectivity index (χ1) is 9.41. The molecule has 0 saturated carbocycles. The van der Waals surface area contributed by atoms with Crippen molar-refractivity contribution in [3.05, 3.63) is 36.5 Å². The summed E-state index contributed by atoms with van der Waals surface area (Å²) in [5.74, 6) is 0. The van der Waals surface area contributed by atoms with E-state index in [4.69, 9.17) is 0 Å². The molecule has 0 N–H and O–H groups in total. The average Bonchev–Trinajstić information content (AvgIpc) is 2.43. The molecular weight excluding hydrogens is 232 g/mol. The molecule has 0 unspecified atom stereocenters. The van der Waals surface area contributed by atoms with Crippen LogP contribution in [0, 0.1) is 0 Å². The Morgan fingerprint density at radius 1 is 0.684 bits per heavy atom. The lowest BCUT2D eigenvalue weighted by molar-refractivity contribution is -0.104. The van der Waals surface area contributed by atoms with Gasteiger partial charge in [-0.25, -0.2) is 0 Å². The molecule has 0 saturated heterocycles. The van der Waals surface area contributed by atoms with Gasteiger partial charge >= 0.3 is 0 Å². The van der Waals surface area contributed by atoms with Crippen LogP contribution >= 0.6 is 0 Å². The first kappa shape index (κ1) is 17.9. The number of unbranched alkanes of at least 4 members (excludes halogenated alkanes) is 7. The highest BCUT2D eigenvalue weighted by molar-refractivity contribution is 5.64. The van der Waals surface area contributed by atoms with Gasteiger partial charge in [0, 0.05) is 0 Å². The van der Waals surface area contributed by atoms with E-state index < -0.39 is 0 Å². The Morgan fingerprint density at radius 2 is 1.26 bits per heavy atom. The SMILES string of the molecule is CCCCCCCCC/C=C\C/C=C\C/C=C/C=O. The lowest BCUT2D eigenvalue weighted by Gasteiger charge is -1.98. The summed E-state index contributed by atoms with van der Waals surface area (Å²) in [7, 11) is 0. The van der Waals surface area contributed by atoms with Crippen molar-refractivity contribution in [1.29, 1.82) is 0 Å². The molecule has 0 bridgehead atoms. The molecule has 0 aromatic rings. The smallest absolute Gasteiger partial charge is 0.142 e. The Hall–Kier alpha value is -1.11. The zero-order chi connectivity index (χ0) is 14.0. The lowest BCUT2D eigenvalue weighted by atomic mass is 10.1. The Balaban J connectivity index is 3.21. The van der Waals surface area contributed by atoms with Crippen LogP contribution in [0.2, 0.25) is 0 Å². The molecular formula is C18H30O. The standard InChI is InChI=1S/C18H30O/c1-2-3-4-5-6-7-8-9-10-11-12-13-14-15-16-17-18-19/h10-11,13-14,16-18H,2-9,12,15H2,1H3/b11-10-,14-13-,17-16+. The van der Waals surface area contributed by atoms with Gasteiger partial charge in [0.05, 0.1) is 0 Å². The number of hydrogen-bond acceptors (Lipinski definition) is 1. The van der Waals surface area contributed by atoms with Crippen LogP contribution in [0.4, 0.5) is 0 Å². The maximum Gasteiger partial charge on any atom is 0.142 e. The first-order valence-electron chi connectivity index (χ1n) is 7.82. The van der Waals surface area contributed by atoms with Gasteiger partial charge < -0.3 is 0 Å². The third kappa shape index (κ3) is 16.9. The van der Waals surface area contributed by atoms with Gasteiger partial charge in [-0.3, -0.25) is 4.79 Å². The molecule has 0 heterocycles. The summed E-state index contributed by atoms with van der Waals surface area (Å²) >= 11 is 0. The van der Waals surface area contributed by atoms with Crippen molar-refractivity contribution in [3.8, 4) is 0 Å². The summed E-state index contributed by atoms with van der Waals surface area (Å²) < 4.78 is 0. The number of aldehydes is 1. The van der Waals surface area contributed by atoms with E-state index >= 15 is 0 Å². The average molecular weight is 262 g/mol. The molecule has 0 radical (unpaired) electrons. The zero-order valence-electron chi connectivity index (χ0n) is 12.5. The van der Waals surface area contributed by atoms with E-state index in [-0.39, 0.29) is 0 Å². The van der Waals surface area contributed by atoms with Crippen LogP contribution < -0.4 is 0 Å². The molecule has 108 valence electrons. The monoisotopic (exact) mass is 262 g/mol. The predicted octanol–water partition coefficient (Wildman–Crippen LogP) is 5.77. The third-order valence-corrected chi connectivity index (χ3v) is 3.07. The second-order valence-corrected chi connectivity index (χ2v) is 4.89. The minimum absolute atomic E-state index is 0.815. The summed E-state index contributed by atoms with van der Waals surface area (Å²) in [5, 5.41) is 0. The van der Waals surface area contributed by atoms with Crippen molar-refractivity contribution in [1.82, 2.24) is 0 Å². The van der Waals surface area contributed by atoms with Gasteiger partial charge in [-0.05, 0) is 31.8 Å². The highest BCUT2D eigenvalue weighted by Crippen LogP contribution is 2.08. The van der Waals surface area contributed by atoms with E-state index in [1.54, 1.807) is 6.08 Å². The Kier molecular flexibility index (Phi) is 15.9. The summed E-state index contributed by atoms with van der Waals surface area (Å²) in [6.07, 6.45) is 25.7. The van der Waals surface area contributed by atoms with Crippen LogP contribution in [-0.4, -0.2) is 6.29 Å². The van der Waals surface area contributed by atoms with Gasteiger partial charge in [0.15, 0.2) is 0 Å². The molecule has 0 rings (SSSR count). The quantitative estimate of drug-likeness (QED) is 0.178. The van der Waals surface area contributed by atoms with Crippen LogP contribution in [0.5, 0.6) is 0 Å². The number of rotatable bonds is 13. The highest BCUT2D eigenvalue weighted by atomic mass is 16.1. The van der Waals surface area contributed by atoms with Crippen LogP contribution in [0.25, 0.3) is 0 Å². The highest BCUT2D eigenvalue weighted by Gasteiger charge is 1.88. The van der Waals surface area contributed by atoms with Gasteiger partial charge in [-0.2, -0.15) is 0 Å². The van der Waals surface area contributed by atoms with E-state index in [9.17, 15) is 4.79 Å². The molecule has 0 aliphatic rings. The van der Waals surface area contributed by atoms with Gasteiger partial charge in [0.2, 0.25) is 0 Å². The van der Waals surface area contributed by atoms with Crippen LogP contribution in [-0.2, 0) is 4.79 Å². The molecule has 0 aliphatic heterocycles. The summed E-state index contributed by atoms with van der Waals surface area (Å²) in [5.41, 5.74) is 0. The molecule has 19 heavy (non-hydrogen) atoms. The number of carbonyl (C=O) groups is 1. The fourth-order valence-electron chi connectivity index (χ4n) is 1.92. The minimum Gasteiger partial charge on any atom is -0.299 e. The zero-order valence-corrected chi connectivity index (χ0v) is 12.5. The summed E-state index contributed by atoms with van der Waals surface area (Å²) in [6.45, 7) is 2.26. The molecule has 0 atom stereocenters. The fourth-order valence-corrected chi connectivity index (χ4v) is 1.92. The van der Waals surface area contributed by atoms with E-state index in [0.717, 1.165) is 19.1 Å². The van der Waals surface area contributed by atoms with Crippen molar-refractivity contribution >= 4 is 6.29 Å². The van der Waals surface area contributed by atoms with E-state index in [0.29, 0.717) is 0 Å². The van der Waals surface area contributed by atoms with Crippen molar-refractivity contribution in [2.24, 2.45) is 0 Å². The molecule has 0 aromatic carbocycles. The van der Waals surface area contributed by atoms with Gasteiger partial charge in [-0.15, -0.1) is 0 Å². The number of carbonyl (C=O) groups excluding carboxylic acids is 1. The number of hydrogen-bond donors (Lipinski definition) is 0. The second kappa shape index (κ2) is 16.9. The third-order valence-electron chi connectivity index (χ3n) is 3.07. The van der Waals surface area contributed by atoms with Gasteiger partial charge in [0.1, 0.15) is 6.29 Å². The molecule has 1 heteroatoms. The molecule has 1 nitrogen and oxygen atoms in total. The summed E-state index contributed by atoms with van der Waals surface area (Å²) in [6, 6.07) is 0. The topological polar surface area (TPSA) is 17.1 Å². The minimum atomic E-state index is 0.815. The Labute approximate surface area is 119 Å². The van der Waals surface area contributed by atoms with Crippen molar-refractivity contribution in [3.63, 3.8) is 0 Å². The van der Waals surface area contributed by atoms with Crippen molar-refractivity contribution in [2.75, 3.05) is 0 Å². The first-order valence-corrected chi connectivity index (χ1v) is 7.82. The Morgan fingerprint density at radius 3 is 1.95 bits per heavy atom. The maximum atomic E-state index is 10.0. The predicted molar refractivity (Wildman–Crippen MR) is 85.3 cm³/mol.